The topological polar surface area (TPSA) is 82.5 Å². The number of nitrogens with zero attached hydrogens (tertiary/aromatic N) is 2. The molecule has 1 aromatic heterocycles. The highest BCUT2D eigenvalue weighted by Crippen LogP contribution is 2.02. The van der Waals surface area contributed by atoms with E-state index in [1.807, 2.05) is 19.1 Å². The fourth-order valence-electron chi connectivity index (χ4n) is 1.52. The van der Waals surface area contributed by atoms with Crippen molar-refractivity contribution in [3.63, 3.8) is 0 Å². The van der Waals surface area contributed by atoms with E-state index in [0.717, 1.165) is 11.3 Å². The van der Waals surface area contributed by atoms with Crippen LogP contribution in [0, 0.1) is 6.92 Å². The van der Waals surface area contributed by atoms with Crippen molar-refractivity contribution in [2.24, 2.45) is 0 Å². The lowest BCUT2D eigenvalue weighted by atomic mass is 10.2. The molecule has 1 aromatic rings. The lowest BCUT2D eigenvalue weighted by Gasteiger charge is -2.25. The predicted octanol–water partition coefficient (Wildman–Crippen LogP) is 1.39. The highest BCUT2D eigenvalue weighted by Gasteiger charge is 2.19. The summed E-state index contributed by atoms with van der Waals surface area (Å²) in [6, 6.07) is 3.17. The highest BCUT2D eigenvalue weighted by atomic mass is 16.4. The molecule has 104 valence electrons. The van der Waals surface area contributed by atoms with Crippen LogP contribution in [0.1, 0.15) is 25.1 Å². The first-order chi connectivity index (χ1) is 8.90. The monoisotopic (exact) mass is 265 g/mol. The van der Waals surface area contributed by atoms with E-state index in [1.165, 1.54) is 4.90 Å². The second kappa shape index (κ2) is 6.72. The Balaban J connectivity index is 2.57. The van der Waals surface area contributed by atoms with E-state index in [4.69, 9.17) is 5.11 Å². The number of carboxylic acids is 1. The molecule has 6 nitrogen and oxygen atoms in total. The van der Waals surface area contributed by atoms with Gasteiger partial charge in [0.05, 0.1) is 0 Å². The van der Waals surface area contributed by atoms with E-state index in [-0.39, 0.29) is 12.6 Å². The largest absolute Gasteiger partial charge is 0.480 e. The number of hydrogen-bond donors (Lipinski definition) is 2. The first kappa shape index (κ1) is 14.9. The molecule has 0 spiro atoms. The molecule has 0 fully saturated rings. The van der Waals surface area contributed by atoms with Crippen molar-refractivity contribution in [1.82, 2.24) is 15.2 Å². The maximum absolute atomic E-state index is 11.9. The molecule has 0 aliphatic heterocycles. The Bertz CT molecular complexity index is 443. The number of carbonyl (C=O) groups is 2. The van der Waals surface area contributed by atoms with E-state index in [0.29, 0.717) is 6.54 Å². The third-order valence-corrected chi connectivity index (χ3v) is 2.61. The SMILES string of the molecule is Cc1ccc(CNC(=O)N(CC(=O)O)C(C)C)cn1. The number of carboxylic acid groups (broad SMARTS) is 1. The number of amides is 2. The molecule has 0 aliphatic carbocycles. The number of aryl methyl sites for hydroxylation is 1. The van der Waals surface area contributed by atoms with Crippen molar-refractivity contribution in [2.75, 3.05) is 6.54 Å². The number of rotatable bonds is 5. The fraction of sp³-hybridized carbons (Fsp3) is 0.462. The van der Waals surface area contributed by atoms with Crippen molar-refractivity contribution in [2.45, 2.75) is 33.4 Å². The Morgan fingerprint density at radius 1 is 1.42 bits per heavy atom. The van der Waals surface area contributed by atoms with Gasteiger partial charge < -0.3 is 15.3 Å². The second-order valence-electron chi connectivity index (χ2n) is 4.58. The van der Waals surface area contributed by atoms with Gasteiger partial charge in [-0.05, 0) is 32.4 Å². The van der Waals surface area contributed by atoms with E-state index in [2.05, 4.69) is 10.3 Å². The summed E-state index contributed by atoms with van der Waals surface area (Å²) in [5, 5.41) is 11.5. The minimum Gasteiger partial charge on any atom is -0.480 e. The Kier molecular flexibility index (Phi) is 5.29. The van der Waals surface area contributed by atoms with Crippen molar-refractivity contribution in [3.05, 3.63) is 29.6 Å². The van der Waals surface area contributed by atoms with E-state index in [1.54, 1.807) is 20.0 Å². The Morgan fingerprint density at radius 3 is 2.58 bits per heavy atom. The third kappa shape index (κ3) is 4.95. The molecule has 1 heterocycles. The summed E-state index contributed by atoms with van der Waals surface area (Å²) in [5.74, 6) is -1.03. The van der Waals surface area contributed by atoms with Gasteiger partial charge in [-0.25, -0.2) is 4.79 Å². The molecule has 0 unspecified atom stereocenters. The minimum absolute atomic E-state index is 0.174. The summed E-state index contributed by atoms with van der Waals surface area (Å²) in [7, 11) is 0. The predicted molar refractivity (Wildman–Crippen MR) is 70.7 cm³/mol. The van der Waals surface area contributed by atoms with E-state index < -0.39 is 12.0 Å². The lowest BCUT2D eigenvalue weighted by molar-refractivity contribution is -0.138. The van der Waals surface area contributed by atoms with E-state index in [9.17, 15) is 9.59 Å². The quantitative estimate of drug-likeness (QED) is 0.843. The zero-order valence-electron chi connectivity index (χ0n) is 11.4. The van der Waals surface area contributed by atoms with Crippen molar-refractivity contribution in [1.29, 1.82) is 0 Å². The summed E-state index contributed by atoms with van der Waals surface area (Å²) in [5.41, 5.74) is 1.78. The molecular weight excluding hydrogens is 246 g/mol. The maximum Gasteiger partial charge on any atom is 0.323 e. The van der Waals surface area contributed by atoms with Crippen LogP contribution in [0.2, 0.25) is 0 Å². The van der Waals surface area contributed by atoms with Gasteiger partial charge in [0.15, 0.2) is 0 Å². The number of aliphatic carboxylic acids is 1. The zero-order chi connectivity index (χ0) is 14.4. The molecule has 0 saturated carbocycles. The summed E-state index contributed by atoms with van der Waals surface area (Å²) in [4.78, 5) is 28.0. The molecule has 0 bridgehead atoms. The van der Waals surface area contributed by atoms with Gasteiger partial charge in [0, 0.05) is 24.5 Å². The van der Waals surface area contributed by atoms with Crippen molar-refractivity contribution < 1.29 is 14.7 Å². The average molecular weight is 265 g/mol. The number of hydrogen-bond acceptors (Lipinski definition) is 3. The van der Waals surface area contributed by atoms with Crippen LogP contribution in [0.5, 0.6) is 0 Å². The standard InChI is InChI=1S/C13H19N3O3/c1-9(2)16(8-12(17)18)13(19)15-7-11-5-4-10(3)14-6-11/h4-6,9H,7-8H2,1-3H3,(H,15,19)(H,17,18). The minimum atomic E-state index is -1.03. The summed E-state index contributed by atoms with van der Waals surface area (Å²) >= 11 is 0. The average Bonchev–Trinajstić information content (AvgIpc) is 2.34. The van der Waals surface area contributed by atoms with Crippen LogP contribution < -0.4 is 5.32 Å². The molecule has 0 radical (unpaired) electrons. The van der Waals surface area contributed by atoms with Gasteiger partial charge in [-0.3, -0.25) is 9.78 Å². The van der Waals surface area contributed by atoms with Crippen LogP contribution in [0.15, 0.2) is 18.3 Å². The molecule has 19 heavy (non-hydrogen) atoms. The number of nitrogens with one attached hydrogen (secondary N) is 1. The third-order valence-electron chi connectivity index (χ3n) is 2.61. The number of aromatic nitrogens is 1. The molecular formula is C13H19N3O3. The van der Waals surface area contributed by atoms with Gasteiger partial charge in [0.2, 0.25) is 0 Å². The summed E-state index contributed by atoms with van der Waals surface area (Å²) in [6.45, 7) is 5.45. The van der Waals surface area contributed by atoms with Crippen LogP contribution in [0.3, 0.4) is 0 Å². The molecule has 2 N–H and O–H groups in total. The lowest BCUT2D eigenvalue weighted by Crippen LogP contribution is -2.46. The molecule has 0 saturated heterocycles. The fourth-order valence-corrected chi connectivity index (χ4v) is 1.52. The molecule has 6 heteroatoms. The second-order valence-corrected chi connectivity index (χ2v) is 4.58. The summed E-state index contributed by atoms with van der Waals surface area (Å²) < 4.78 is 0. The normalized spacial score (nSPS) is 10.3. The van der Waals surface area contributed by atoms with Gasteiger partial charge in [-0.2, -0.15) is 0 Å². The number of carbonyl (C=O) groups excluding carboxylic acids is 1. The summed E-state index contributed by atoms with van der Waals surface area (Å²) in [6.07, 6.45) is 1.69. The Morgan fingerprint density at radius 2 is 2.11 bits per heavy atom. The first-order valence-electron chi connectivity index (χ1n) is 6.08. The van der Waals surface area contributed by atoms with Crippen LogP contribution in [0.4, 0.5) is 4.79 Å². The van der Waals surface area contributed by atoms with Crippen molar-refractivity contribution in [3.8, 4) is 0 Å². The zero-order valence-corrected chi connectivity index (χ0v) is 11.4. The number of pyridine rings is 1. The van der Waals surface area contributed by atoms with Crippen LogP contribution in [-0.4, -0.2) is 39.6 Å². The first-order valence-corrected chi connectivity index (χ1v) is 6.08. The molecule has 0 aromatic carbocycles. The van der Waals surface area contributed by atoms with Crippen LogP contribution in [0.25, 0.3) is 0 Å². The van der Waals surface area contributed by atoms with Gasteiger partial charge >= 0.3 is 12.0 Å². The molecule has 1 rings (SSSR count). The van der Waals surface area contributed by atoms with Gasteiger partial charge in [0.25, 0.3) is 0 Å². The van der Waals surface area contributed by atoms with E-state index >= 15 is 0 Å². The Labute approximate surface area is 112 Å². The highest BCUT2D eigenvalue weighted by molar-refractivity contribution is 5.80. The van der Waals surface area contributed by atoms with Gasteiger partial charge in [-0.1, -0.05) is 6.07 Å². The molecule has 0 atom stereocenters. The van der Waals surface area contributed by atoms with Gasteiger partial charge in [0.1, 0.15) is 6.54 Å². The van der Waals surface area contributed by atoms with Crippen LogP contribution in [-0.2, 0) is 11.3 Å². The van der Waals surface area contributed by atoms with Crippen LogP contribution >= 0.6 is 0 Å². The molecule has 0 aliphatic rings. The number of urea groups is 1. The maximum atomic E-state index is 11.9. The Hall–Kier alpha value is -2.11. The molecule has 2 amide bonds. The smallest absolute Gasteiger partial charge is 0.323 e. The van der Waals surface area contributed by atoms with Crippen molar-refractivity contribution >= 4 is 12.0 Å². The van der Waals surface area contributed by atoms with Gasteiger partial charge in [-0.15, -0.1) is 0 Å².